The van der Waals surface area contributed by atoms with Gasteiger partial charge in [-0.2, -0.15) is 0 Å². The summed E-state index contributed by atoms with van der Waals surface area (Å²) in [5.41, 5.74) is 1.24. The minimum atomic E-state index is -1.30. The average molecular weight is 340 g/mol. The number of aryl methyl sites for hydroxylation is 1. The summed E-state index contributed by atoms with van der Waals surface area (Å²) in [6.07, 6.45) is 2.38. The first-order chi connectivity index (χ1) is 12.0. The largest absolute Gasteiger partial charge is 0.628 e. The maximum absolute atomic E-state index is 13.0. The second kappa shape index (κ2) is 7.06. The van der Waals surface area contributed by atoms with Gasteiger partial charge < -0.3 is 25.2 Å². The molecule has 0 saturated heterocycles. The van der Waals surface area contributed by atoms with Crippen molar-refractivity contribution in [2.75, 3.05) is 0 Å². The van der Waals surface area contributed by atoms with E-state index in [9.17, 15) is 20.3 Å². The number of hydrogen-bond acceptors (Lipinski definition) is 5. The summed E-state index contributed by atoms with van der Waals surface area (Å²) >= 11 is 0. The van der Waals surface area contributed by atoms with Crippen molar-refractivity contribution >= 4 is 22.4 Å². The number of rotatable bonds is 6. The van der Waals surface area contributed by atoms with Crippen molar-refractivity contribution in [3.63, 3.8) is 0 Å². The number of benzene rings is 2. The van der Waals surface area contributed by atoms with E-state index in [1.807, 2.05) is 6.92 Å². The molecule has 6 nitrogen and oxygen atoms in total. The number of carbonyl (C=O) groups excluding carboxylic acids is 1. The summed E-state index contributed by atoms with van der Waals surface area (Å²) in [7, 11) is 0. The van der Waals surface area contributed by atoms with Crippen LogP contribution in [0.25, 0.3) is 11.0 Å². The van der Waals surface area contributed by atoms with E-state index in [1.54, 1.807) is 6.07 Å². The van der Waals surface area contributed by atoms with Gasteiger partial charge >= 0.3 is 0 Å². The molecule has 0 aliphatic carbocycles. The van der Waals surface area contributed by atoms with Crippen molar-refractivity contribution < 1.29 is 19.5 Å². The number of aromatic hydroxyl groups is 1. The number of carbonyl (C=O) groups is 1. The highest BCUT2D eigenvalue weighted by Gasteiger charge is 2.22. The zero-order valence-electron chi connectivity index (χ0n) is 13.7. The number of furan rings is 1. The molecule has 0 fully saturated rings. The molecular formula is C19H18NO5-. The molecule has 25 heavy (non-hydrogen) atoms. The first-order valence-corrected chi connectivity index (χ1v) is 8.11. The molecule has 0 aliphatic heterocycles. The summed E-state index contributed by atoms with van der Waals surface area (Å²) in [5.74, 6) is 0.352. The molecule has 0 atom stereocenters. The second-order valence-corrected chi connectivity index (χ2v) is 5.88. The van der Waals surface area contributed by atoms with Crippen molar-refractivity contribution in [2.45, 2.75) is 26.2 Å². The first-order valence-electron chi connectivity index (χ1n) is 8.11. The predicted molar refractivity (Wildman–Crippen MR) is 93.7 cm³/mol. The average Bonchev–Trinajstić information content (AvgIpc) is 2.97. The van der Waals surface area contributed by atoms with Gasteiger partial charge in [-0.1, -0.05) is 13.3 Å². The third-order valence-corrected chi connectivity index (χ3v) is 4.11. The third kappa shape index (κ3) is 3.41. The van der Waals surface area contributed by atoms with Crippen LogP contribution in [0.4, 0.5) is 5.69 Å². The fourth-order valence-electron chi connectivity index (χ4n) is 2.79. The van der Waals surface area contributed by atoms with Crippen LogP contribution in [-0.2, 0) is 6.42 Å². The number of quaternary nitrogens is 1. The van der Waals surface area contributed by atoms with Crippen LogP contribution in [0.15, 0.2) is 46.9 Å². The Hall–Kier alpha value is -2.67. The van der Waals surface area contributed by atoms with Crippen LogP contribution < -0.4 is 5.23 Å². The van der Waals surface area contributed by atoms with Gasteiger partial charge in [-0.05, 0) is 36.8 Å². The first kappa shape index (κ1) is 17.2. The summed E-state index contributed by atoms with van der Waals surface area (Å²) in [6, 6.07) is 10.3. The van der Waals surface area contributed by atoms with Crippen LogP contribution in [0.1, 0.15) is 41.4 Å². The number of hydrogen-bond donors (Lipinski definition) is 2. The predicted octanol–water partition coefficient (Wildman–Crippen LogP) is 3.22. The molecule has 1 heterocycles. The van der Waals surface area contributed by atoms with Gasteiger partial charge in [0.2, 0.25) is 0 Å². The Labute approximate surface area is 144 Å². The molecule has 2 aromatic carbocycles. The molecule has 0 spiro atoms. The Morgan fingerprint density at radius 3 is 2.52 bits per heavy atom. The lowest BCUT2D eigenvalue weighted by atomic mass is 9.98. The summed E-state index contributed by atoms with van der Waals surface area (Å²) in [4.78, 5) is 13.0. The molecule has 3 rings (SSSR count). The van der Waals surface area contributed by atoms with E-state index in [-0.39, 0.29) is 17.2 Å². The quantitative estimate of drug-likeness (QED) is 0.530. The van der Waals surface area contributed by atoms with Crippen molar-refractivity contribution in [3.8, 4) is 5.75 Å². The lowest BCUT2D eigenvalue weighted by Gasteiger charge is -2.24. The highest BCUT2D eigenvalue weighted by atomic mass is 16.8. The zero-order chi connectivity index (χ0) is 18.0. The molecule has 0 amide bonds. The van der Waals surface area contributed by atoms with E-state index in [1.165, 1.54) is 36.4 Å². The molecule has 0 saturated carbocycles. The maximum Gasteiger partial charge on any atom is 0.197 e. The molecule has 0 bridgehead atoms. The molecule has 0 aliphatic rings. The van der Waals surface area contributed by atoms with E-state index in [4.69, 9.17) is 4.42 Å². The Bertz CT molecular complexity index is 896. The molecule has 6 heteroatoms. The smallest absolute Gasteiger partial charge is 0.197 e. The highest BCUT2D eigenvalue weighted by Crippen LogP contribution is 2.31. The Morgan fingerprint density at radius 2 is 1.88 bits per heavy atom. The van der Waals surface area contributed by atoms with Crippen LogP contribution in [0.2, 0.25) is 0 Å². The van der Waals surface area contributed by atoms with Crippen molar-refractivity contribution in [3.05, 3.63) is 69.8 Å². The van der Waals surface area contributed by atoms with E-state index in [2.05, 4.69) is 0 Å². The van der Waals surface area contributed by atoms with Gasteiger partial charge in [-0.15, -0.1) is 0 Å². The van der Waals surface area contributed by atoms with Crippen LogP contribution in [-0.4, -0.2) is 10.9 Å². The molecule has 0 unspecified atom stereocenters. The van der Waals surface area contributed by atoms with Crippen LogP contribution in [0.3, 0.4) is 0 Å². The summed E-state index contributed by atoms with van der Waals surface area (Å²) < 4.78 is 5.82. The topological polar surface area (TPSA) is 101 Å². The highest BCUT2D eigenvalue weighted by molar-refractivity contribution is 6.17. The van der Waals surface area contributed by atoms with E-state index in [0.717, 1.165) is 12.8 Å². The Kier molecular flexibility index (Phi) is 4.85. The number of fused-ring (bicyclic) bond motifs is 1. The number of phenolic OH excluding ortho intramolecular Hbond substituents is 1. The number of nitrogens with one attached hydrogen (secondary N) is 1. The third-order valence-electron chi connectivity index (χ3n) is 4.11. The zero-order valence-corrected chi connectivity index (χ0v) is 13.7. The molecule has 3 aromatic rings. The Morgan fingerprint density at radius 1 is 1.16 bits per heavy atom. The molecule has 0 radical (unpaired) electrons. The van der Waals surface area contributed by atoms with Crippen molar-refractivity contribution in [2.24, 2.45) is 0 Å². The van der Waals surface area contributed by atoms with E-state index < -0.39 is 5.23 Å². The van der Waals surface area contributed by atoms with Gasteiger partial charge in [0, 0.05) is 29.5 Å². The van der Waals surface area contributed by atoms with Gasteiger partial charge in [0.25, 0.3) is 0 Å². The SMILES string of the molecule is CCCCc1oc2ccc([NH+]([O-])[O-])cc2c1C(=O)c1ccc(O)cc1. The van der Waals surface area contributed by atoms with Gasteiger partial charge in [-0.25, -0.2) is 0 Å². The normalized spacial score (nSPS) is 11.4. The van der Waals surface area contributed by atoms with Crippen molar-refractivity contribution in [1.29, 1.82) is 0 Å². The van der Waals surface area contributed by atoms with Gasteiger partial charge in [0.05, 0.1) is 5.56 Å². The second-order valence-electron chi connectivity index (χ2n) is 5.88. The van der Waals surface area contributed by atoms with Crippen LogP contribution >= 0.6 is 0 Å². The van der Waals surface area contributed by atoms with E-state index >= 15 is 0 Å². The minimum Gasteiger partial charge on any atom is -0.628 e. The molecular weight excluding hydrogens is 322 g/mol. The van der Waals surface area contributed by atoms with Gasteiger partial charge in [0.1, 0.15) is 22.8 Å². The summed E-state index contributed by atoms with van der Waals surface area (Å²) in [5, 5.41) is 30.9. The number of ketones is 1. The van der Waals surface area contributed by atoms with Crippen LogP contribution in [0.5, 0.6) is 5.75 Å². The number of unbranched alkanes of at least 4 members (excludes halogenated alkanes) is 1. The molecule has 2 N–H and O–H groups in total. The fraction of sp³-hybridized carbons (Fsp3) is 0.211. The molecule has 130 valence electrons. The standard InChI is InChI=1S/C19H18NO5/c1-2-3-4-17-18(19(22)12-5-8-14(21)9-6-12)15-11-13(20(23)24)7-10-16(15)25-17/h5-11,20-21H,2-4H2,1H3/q-1. The maximum atomic E-state index is 13.0. The lowest BCUT2D eigenvalue weighted by molar-refractivity contribution is -0.715. The number of phenols is 1. The van der Waals surface area contributed by atoms with Gasteiger partial charge in [-0.3, -0.25) is 4.79 Å². The lowest BCUT2D eigenvalue weighted by Crippen LogP contribution is -2.96. The van der Waals surface area contributed by atoms with Crippen LogP contribution in [0, 0.1) is 10.4 Å². The van der Waals surface area contributed by atoms with Gasteiger partial charge in [0.15, 0.2) is 5.78 Å². The van der Waals surface area contributed by atoms with E-state index in [0.29, 0.717) is 34.3 Å². The minimum absolute atomic E-state index is 0.00454. The molecule has 1 aromatic heterocycles. The fourth-order valence-corrected chi connectivity index (χ4v) is 2.79. The monoisotopic (exact) mass is 340 g/mol. The summed E-state index contributed by atoms with van der Waals surface area (Å²) in [6.45, 7) is 2.04. The Balaban J connectivity index is 2.15. The van der Waals surface area contributed by atoms with Crippen molar-refractivity contribution in [1.82, 2.24) is 0 Å².